The average Bonchev–Trinajstić information content (AvgIpc) is 2.45. The molecule has 1 unspecified atom stereocenters. The Labute approximate surface area is 120 Å². The molecule has 0 bridgehead atoms. The van der Waals surface area contributed by atoms with Crippen molar-refractivity contribution >= 4 is 5.82 Å². The summed E-state index contributed by atoms with van der Waals surface area (Å²) in [6, 6.07) is 2.22. The van der Waals surface area contributed by atoms with Crippen LogP contribution in [0.15, 0.2) is 6.07 Å². The molecule has 1 aromatic heterocycles. The lowest BCUT2D eigenvalue weighted by Crippen LogP contribution is -2.51. The Morgan fingerprint density at radius 2 is 2.30 bits per heavy atom. The van der Waals surface area contributed by atoms with Gasteiger partial charge in [0.15, 0.2) is 0 Å². The van der Waals surface area contributed by atoms with Gasteiger partial charge < -0.3 is 19.7 Å². The van der Waals surface area contributed by atoms with Crippen LogP contribution in [0.4, 0.5) is 5.82 Å². The van der Waals surface area contributed by atoms with E-state index < -0.39 is 0 Å². The van der Waals surface area contributed by atoms with Crippen LogP contribution in [-0.4, -0.2) is 55.5 Å². The molecule has 1 N–H and O–H groups in total. The van der Waals surface area contributed by atoms with Crippen LogP contribution in [0.25, 0.3) is 0 Å². The van der Waals surface area contributed by atoms with Gasteiger partial charge in [-0.3, -0.25) is 0 Å². The second-order valence-corrected chi connectivity index (χ2v) is 4.77. The van der Waals surface area contributed by atoms with E-state index in [0.717, 1.165) is 44.5 Å². The molecule has 1 atom stereocenters. The number of morpholine rings is 1. The predicted molar refractivity (Wildman–Crippen MR) is 78.4 cm³/mol. The van der Waals surface area contributed by atoms with Crippen LogP contribution < -0.4 is 15.0 Å². The lowest BCUT2D eigenvalue weighted by molar-refractivity contribution is 0.0934. The summed E-state index contributed by atoms with van der Waals surface area (Å²) in [6.07, 6.45) is 0. The lowest BCUT2D eigenvalue weighted by Gasteiger charge is -2.36. The van der Waals surface area contributed by atoms with Crippen molar-refractivity contribution in [3.05, 3.63) is 11.9 Å². The molecule has 6 heteroatoms. The largest absolute Gasteiger partial charge is 0.478 e. The van der Waals surface area contributed by atoms with Gasteiger partial charge in [-0.15, -0.1) is 0 Å². The van der Waals surface area contributed by atoms with Crippen LogP contribution in [0.3, 0.4) is 0 Å². The molecule has 1 aliphatic heterocycles. The summed E-state index contributed by atoms with van der Waals surface area (Å²) in [6.45, 7) is 10.7. The van der Waals surface area contributed by atoms with Crippen molar-refractivity contribution < 1.29 is 9.47 Å². The average molecular weight is 280 g/mol. The van der Waals surface area contributed by atoms with Gasteiger partial charge in [-0.05, 0) is 20.4 Å². The number of anilines is 1. The second kappa shape index (κ2) is 7.40. The van der Waals surface area contributed by atoms with Crippen LogP contribution >= 0.6 is 0 Å². The van der Waals surface area contributed by atoms with Crippen molar-refractivity contribution in [1.29, 1.82) is 0 Å². The highest BCUT2D eigenvalue weighted by molar-refractivity contribution is 5.43. The first kappa shape index (κ1) is 15.0. The van der Waals surface area contributed by atoms with Crippen molar-refractivity contribution in [3.8, 4) is 5.88 Å². The Balaban J connectivity index is 2.17. The molecule has 2 heterocycles. The number of hydrogen-bond acceptors (Lipinski definition) is 6. The number of aromatic nitrogens is 2. The summed E-state index contributed by atoms with van der Waals surface area (Å²) in [7, 11) is 0. The standard InChI is InChI=1S/C14H24N4O2/c1-4-15-9-12-10-19-7-6-18(12)13-8-14(20-5-2)17-11(3)16-13/h8,12,15H,4-7,9-10H2,1-3H3. The number of ether oxygens (including phenoxy) is 2. The molecule has 0 amide bonds. The van der Waals surface area contributed by atoms with Crippen LogP contribution in [-0.2, 0) is 4.74 Å². The smallest absolute Gasteiger partial charge is 0.218 e. The molecule has 1 fully saturated rings. The normalized spacial score (nSPS) is 19.1. The summed E-state index contributed by atoms with van der Waals surface area (Å²) in [4.78, 5) is 11.1. The van der Waals surface area contributed by atoms with Gasteiger partial charge in [-0.1, -0.05) is 6.92 Å². The van der Waals surface area contributed by atoms with E-state index in [4.69, 9.17) is 9.47 Å². The van der Waals surface area contributed by atoms with Gasteiger partial charge in [0.1, 0.15) is 11.6 Å². The first-order chi connectivity index (χ1) is 9.74. The van der Waals surface area contributed by atoms with E-state index >= 15 is 0 Å². The van der Waals surface area contributed by atoms with Gasteiger partial charge in [-0.25, -0.2) is 4.98 Å². The predicted octanol–water partition coefficient (Wildman–Crippen LogP) is 0.998. The molecule has 1 aliphatic rings. The minimum absolute atomic E-state index is 0.299. The molecule has 2 rings (SSSR count). The molecule has 0 saturated carbocycles. The molecule has 0 radical (unpaired) electrons. The summed E-state index contributed by atoms with van der Waals surface area (Å²) in [5.41, 5.74) is 0. The molecular weight excluding hydrogens is 256 g/mol. The molecule has 1 saturated heterocycles. The van der Waals surface area contributed by atoms with Crippen LogP contribution in [0.5, 0.6) is 5.88 Å². The van der Waals surface area contributed by atoms with Crippen molar-refractivity contribution in [1.82, 2.24) is 15.3 Å². The van der Waals surface area contributed by atoms with Gasteiger partial charge in [-0.2, -0.15) is 4.98 Å². The molecule has 20 heavy (non-hydrogen) atoms. The third kappa shape index (κ3) is 3.80. The maximum Gasteiger partial charge on any atom is 0.218 e. The van der Waals surface area contributed by atoms with Crippen molar-refractivity contribution in [2.45, 2.75) is 26.8 Å². The fourth-order valence-corrected chi connectivity index (χ4v) is 2.33. The van der Waals surface area contributed by atoms with Crippen LogP contribution in [0.1, 0.15) is 19.7 Å². The van der Waals surface area contributed by atoms with E-state index in [-0.39, 0.29) is 0 Å². The molecule has 0 spiro atoms. The third-order valence-corrected chi connectivity index (χ3v) is 3.24. The fourth-order valence-electron chi connectivity index (χ4n) is 2.33. The third-order valence-electron chi connectivity index (χ3n) is 3.24. The van der Waals surface area contributed by atoms with E-state index in [1.165, 1.54) is 0 Å². The van der Waals surface area contributed by atoms with Crippen molar-refractivity contribution in [3.63, 3.8) is 0 Å². The Morgan fingerprint density at radius 3 is 3.05 bits per heavy atom. The zero-order valence-corrected chi connectivity index (χ0v) is 12.6. The second-order valence-electron chi connectivity index (χ2n) is 4.77. The topological polar surface area (TPSA) is 59.5 Å². The maximum atomic E-state index is 5.58. The van der Waals surface area contributed by atoms with Crippen molar-refractivity contribution in [2.24, 2.45) is 0 Å². The summed E-state index contributed by atoms with van der Waals surface area (Å²) >= 11 is 0. The Morgan fingerprint density at radius 1 is 1.45 bits per heavy atom. The molecule has 0 aliphatic carbocycles. The summed E-state index contributed by atoms with van der Waals surface area (Å²) < 4.78 is 11.1. The first-order valence-electron chi connectivity index (χ1n) is 7.28. The maximum absolute atomic E-state index is 5.58. The van der Waals surface area contributed by atoms with Gasteiger partial charge in [0.25, 0.3) is 0 Å². The zero-order chi connectivity index (χ0) is 14.4. The van der Waals surface area contributed by atoms with Gasteiger partial charge >= 0.3 is 0 Å². The lowest BCUT2D eigenvalue weighted by atomic mass is 10.2. The summed E-state index contributed by atoms with van der Waals surface area (Å²) in [5, 5.41) is 3.38. The first-order valence-corrected chi connectivity index (χ1v) is 7.28. The Kier molecular flexibility index (Phi) is 5.55. The molecule has 6 nitrogen and oxygen atoms in total. The number of hydrogen-bond donors (Lipinski definition) is 1. The number of nitrogens with one attached hydrogen (secondary N) is 1. The Bertz CT molecular complexity index is 428. The van der Waals surface area contributed by atoms with Gasteiger partial charge in [0, 0.05) is 19.2 Å². The fraction of sp³-hybridized carbons (Fsp3) is 0.714. The van der Waals surface area contributed by atoms with Crippen LogP contribution in [0, 0.1) is 6.92 Å². The van der Waals surface area contributed by atoms with Crippen LogP contribution in [0.2, 0.25) is 0 Å². The monoisotopic (exact) mass is 280 g/mol. The summed E-state index contributed by atoms with van der Waals surface area (Å²) in [5.74, 6) is 2.30. The highest BCUT2D eigenvalue weighted by Gasteiger charge is 2.24. The van der Waals surface area contributed by atoms with E-state index in [1.807, 2.05) is 19.9 Å². The van der Waals surface area contributed by atoms with E-state index in [9.17, 15) is 0 Å². The SMILES string of the molecule is CCNCC1COCCN1c1cc(OCC)nc(C)n1. The van der Waals surface area contributed by atoms with E-state index in [0.29, 0.717) is 18.5 Å². The van der Waals surface area contributed by atoms with Gasteiger partial charge in [0.2, 0.25) is 5.88 Å². The highest BCUT2D eigenvalue weighted by atomic mass is 16.5. The number of nitrogens with zero attached hydrogens (tertiary/aromatic N) is 3. The van der Waals surface area contributed by atoms with Gasteiger partial charge in [0.05, 0.1) is 25.9 Å². The quantitative estimate of drug-likeness (QED) is 0.839. The van der Waals surface area contributed by atoms with Crippen molar-refractivity contribution in [2.75, 3.05) is 44.4 Å². The highest BCUT2D eigenvalue weighted by Crippen LogP contribution is 2.21. The molecule has 1 aromatic rings. The zero-order valence-electron chi connectivity index (χ0n) is 12.6. The molecule has 0 aromatic carbocycles. The Hall–Kier alpha value is -1.40. The molecular formula is C14H24N4O2. The molecule has 112 valence electrons. The van der Waals surface area contributed by atoms with E-state index in [2.05, 4.69) is 27.1 Å². The minimum atomic E-state index is 0.299. The number of rotatable bonds is 6. The number of likely N-dealkylation sites (N-methyl/N-ethyl adjacent to an activating group) is 1. The van der Waals surface area contributed by atoms with E-state index in [1.54, 1.807) is 0 Å². The minimum Gasteiger partial charge on any atom is -0.478 e. The number of aryl methyl sites for hydroxylation is 1.